The number of ether oxygens (including phenoxy) is 1. The SMILES string of the molecule is COCCCNC(=O)Cn1cnc(CN)n1. The average Bonchev–Trinajstić information content (AvgIpc) is 2.72. The number of carbonyl (C=O) groups is 1. The fourth-order valence-electron chi connectivity index (χ4n) is 1.15. The molecule has 0 atom stereocenters. The Morgan fingerprint density at radius 2 is 2.50 bits per heavy atom. The lowest BCUT2D eigenvalue weighted by Gasteiger charge is -2.04. The van der Waals surface area contributed by atoms with Gasteiger partial charge in [0.25, 0.3) is 0 Å². The van der Waals surface area contributed by atoms with Gasteiger partial charge in [-0.1, -0.05) is 0 Å². The van der Waals surface area contributed by atoms with Gasteiger partial charge in [-0.3, -0.25) is 4.79 Å². The van der Waals surface area contributed by atoms with Crippen LogP contribution < -0.4 is 11.1 Å². The molecule has 1 rings (SSSR count). The second-order valence-electron chi connectivity index (χ2n) is 3.26. The maximum atomic E-state index is 11.4. The van der Waals surface area contributed by atoms with Gasteiger partial charge in [-0.25, -0.2) is 9.67 Å². The molecule has 1 amide bonds. The lowest BCUT2D eigenvalue weighted by Crippen LogP contribution is -2.29. The van der Waals surface area contributed by atoms with Crippen molar-refractivity contribution in [2.24, 2.45) is 5.73 Å². The number of rotatable bonds is 7. The normalized spacial score (nSPS) is 10.4. The second-order valence-corrected chi connectivity index (χ2v) is 3.26. The van der Waals surface area contributed by atoms with Gasteiger partial charge in [-0.2, -0.15) is 5.10 Å². The van der Waals surface area contributed by atoms with Crippen LogP contribution in [0.2, 0.25) is 0 Å². The van der Waals surface area contributed by atoms with Crippen molar-refractivity contribution in [2.75, 3.05) is 20.3 Å². The Morgan fingerprint density at radius 3 is 3.12 bits per heavy atom. The van der Waals surface area contributed by atoms with Crippen molar-refractivity contribution in [1.82, 2.24) is 20.1 Å². The van der Waals surface area contributed by atoms with Crippen LogP contribution in [0.3, 0.4) is 0 Å². The minimum Gasteiger partial charge on any atom is -0.385 e. The van der Waals surface area contributed by atoms with Gasteiger partial charge in [-0.05, 0) is 6.42 Å². The standard InChI is InChI=1S/C9H17N5O2/c1-16-4-2-3-11-9(15)6-14-7-12-8(5-10)13-14/h7H,2-6,10H2,1H3,(H,11,15). The van der Waals surface area contributed by atoms with Crippen LogP contribution in [-0.2, 0) is 22.6 Å². The lowest BCUT2D eigenvalue weighted by atomic mass is 10.4. The molecule has 1 heterocycles. The first-order valence-electron chi connectivity index (χ1n) is 5.10. The lowest BCUT2D eigenvalue weighted by molar-refractivity contribution is -0.121. The maximum Gasteiger partial charge on any atom is 0.241 e. The monoisotopic (exact) mass is 227 g/mol. The van der Waals surface area contributed by atoms with Crippen molar-refractivity contribution in [1.29, 1.82) is 0 Å². The molecular weight excluding hydrogens is 210 g/mol. The second kappa shape index (κ2) is 6.91. The Kier molecular flexibility index (Phi) is 5.44. The number of carbonyl (C=O) groups excluding carboxylic acids is 1. The first-order chi connectivity index (χ1) is 7.76. The van der Waals surface area contributed by atoms with Gasteiger partial charge in [-0.15, -0.1) is 0 Å². The summed E-state index contributed by atoms with van der Waals surface area (Å²) in [7, 11) is 1.63. The molecule has 0 unspecified atom stereocenters. The Hall–Kier alpha value is -1.47. The van der Waals surface area contributed by atoms with E-state index in [-0.39, 0.29) is 19.0 Å². The molecule has 7 nitrogen and oxygen atoms in total. The number of hydrogen-bond acceptors (Lipinski definition) is 5. The van der Waals surface area contributed by atoms with Gasteiger partial charge in [0.1, 0.15) is 12.9 Å². The molecule has 0 bridgehead atoms. The fourth-order valence-corrected chi connectivity index (χ4v) is 1.15. The van der Waals surface area contributed by atoms with Crippen LogP contribution in [-0.4, -0.2) is 40.9 Å². The topological polar surface area (TPSA) is 95.1 Å². The van der Waals surface area contributed by atoms with E-state index < -0.39 is 0 Å². The van der Waals surface area contributed by atoms with Gasteiger partial charge < -0.3 is 15.8 Å². The Balaban J connectivity index is 2.23. The number of nitrogens with one attached hydrogen (secondary N) is 1. The first-order valence-corrected chi connectivity index (χ1v) is 5.10. The zero-order chi connectivity index (χ0) is 11.8. The van der Waals surface area contributed by atoms with Gasteiger partial charge in [0.2, 0.25) is 5.91 Å². The summed E-state index contributed by atoms with van der Waals surface area (Å²) in [6.07, 6.45) is 2.30. The molecule has 1 aromatic rings. The van der Waals surface area contributed by atoms with E-state index in [1.54, 1.807) is 7.11 Å². The highest BCUT2D eigenvalue weighted by atomic mass is 16.5. The van der Waals surface area contributed by atoms with Gasteiger partial charge >= 0.3 is 0 Å². The van der Waals surface area contributed by atoms with Gasteiger partial charge in [0, 0.05) is 20.3 Å². The van der Waals surface area contributed by atoms with Crippen LogP contribution in [0.1, 0.15) is 12.2 Å². The number of aromatic nitrogens is 3. The molecule has 1 aromatic heterocycles. The average molecular weight is 227 g/mol. The highest BCUT2D eigenvalue weighted by molar-refractivity contribution is 5.75. The van der Waals surface area contributed by atoms with Crippen LogP contribution in [0.5, 0.6) is 0 Å². The Labute approximate surface area is 94.0 Å². The third kappa shape index (κ3) is 4.37. The summed E-state index contributed by atoms with van der Waals surface area (Å²) in [6, 6.07) is 0. The molecule has 7 heteroatoms. The van der Waals surface area contributed by atoms with Crippen LogP contribution in [0, 0.1) is 0 Å². The summed E-state index contributed by atoms with van der Waals surface area (Å²) in [4.78, 5) is 15.3. The Morgan fingerprint density at radius 1 is 1.69 bits per heavy atom. The van der Waals surface area contributed by atoms with Crippen molar-refractivity contribution >= 4 is 5.91 Å². The van der Waals surface area contributed by atoms with Crippen molar-refractivity contribution in [3.63, 3.8) is 0 Å². The number of amides is 1. The van der Waals surface area contributed by atoms with Crippen molar-refractivity contribution in [2.45, 2.75) is 19.5 Å². The molecule has 16 heavy (non-hydrogen) atoms. The van der Waals surface area contributed by atoms with E-state index in [9.17, 15) is 4.79 Å². The predicted molar refractivity (Wildman–Crippen MR) is 57.4 cm³/mol. The molecule has 0 aliphatic heterocycles. The molecule has 90 valence electrons. The summed E-state index contributed by atoms with van der Waals surface area (Å²) in [5.41, 5.74) is 5.35. The molecule has 0 saturated carbocycles. The van der Waals surface area contributed by atoms with Crippen molar-refractivity contribution in [3.05, 3.63) is 12.2 Å². The third-order valence-corrected chi connectivity index (χ3v) is 1.92. The molecule has 0 fully saturated rings. The smallest absolute Gasteiger partial charge is 0.241 e. The number of nitrogens with two attached hydrogens (primary N) is 1. The van der Waals surface area contributed by atoms with E-state index in [2.05, 4.69) is 15.4 Å². The molecule has 0 aromatic carbocycles. The summed E-state index contributed by atoms with van der Waals surface area (Å²) in [5.74, 6) is 0.441. The zero-order valence-electron chi connectivity index (χ0n) is 9.35. The molecule has 0 aliphatic rings. The van der Waals surface area contributed by atoms with E-state index in [1.807, 2.05) is 0 Å². The number of hydrogen-bond donors (Lipinski definition) is 2. The number of methoxy groups -OCH3 is 1. The fraction of sp³-hybridized carbons (Fsp3) is 0.667. The third-order valence-electron chi connectivity index (χ3n) is 1.92. The molecule has 0 aliphatic carbocycles. The van der Waals surface area contributed by atoms with E-state index in [0.717, 1.165) is 6.42 Å². The minimum absolute atomic E-state index is 0.0930. The van der Waals surface area contributed by atoms with Crippen LogP contribution in [0.15, 0.2) is 6.33 Å². The molecule has 0 saturated heterocycles. The van der Waals surface area contributed by atoms with Gasteiger partial charge in [0.05, 0.1) is 6.54 Å². The van der Waals surface area contributed by atoms with Crippen LogP contribution in [0.4, 0.5) is 0 Å². The van der Waals surface area contributed by atoms with Crippen LogP contribution in [0.25, 0.3) is 0 Å². The Bertz CT molecular complexity index is 325. The quantitative estimate of drug-likeness (QED) is 0.576. The molecular formula is C9H17N5O2. The first kappa shape index (κ1) is 12.6. The summed E-state index contributed by atoms with van der Waals surface area (Å²) in [5, 5.41) is 6.76. The summed E-state index contributed by atoms with van der Waals surface area (Å²) in [6.45, 7) is 1.69. The zero-order valence-corrected chi connectivity index (χ0v) is 9.35. The summed E-state index contributed by atoms with van der Waals surface area (Å²) < 4.78 is 6.33. The maximum absolute atomic E-state index is 11.4. The van der Waals surface area contributed by atoms with E-state index in [0.29, 0.717) is 19.0 Å². The molecule has 0 radical (unpaired) electrons. The minimum atomic E-state index is -0.0930. The highest BCUT2D eigenvalue weighted by Crippen LogP contribution is 1.88. The van der Waals surface area contributed by atoms with Crippen molar-refractivity contribution in [3.8, 4) is 0 Å². The highest BCUT2D eigenvalue weighted by Gasteiger charge is 2.04. The molecule has 0 spiro atoms. The van der Waals surface area contributed by atoms with Crippen molar-refractivity contribution < 1.29 is 9.53 Å². The van der Waals surface area contributed by atoms with Crippen LogP contribution >= 0.6 is 0 Å². The number of nitrogens with zero attached hydrogens (tertiary/aromatic N) is 3. The summed E-state index contributed by atoms with van der Waals surface area (Å²) >= 11 is 0. The van der Waals surface area contributed by atoms with E-state index in [4.69, 9.17) is 10.5 Å². The van der Waals surface area contributed by atoms with E-state index >= 15 is 0 Å². The predicted octanol–water partition coefficient (Wildman–Crippen LogP) is -1.11. The largest absolute Gasteiger partial charge is 0.385 e. The van der Waals surface area contributed by atoms with Gasteiger partial charge in [0.15, 0.2) is 5.82 Å². The van der Waals surface area contributed by atoms with E-state index in [1.165, 1.54) is 11.0 Å². The molecule has 3 N–H and O–H groups in total.